The number of rotatable bonds is 5. The van der Waals surface area contributed by atoms with Crippen LogP contribution in [0, 0.1) is 5.92 Å². The molecule has 0 bridgehead atoms. The monoisotopic (exact) mass is 277 g/mol. The number of carbonyl (C=O) groups excluding carboxylic acids is 1. The minimum Gasteiger partial charge on any atom is -0.478 e. The Morgan fingerprint density at radius 3 is 2.90 bits per heavy atom. The van der Waals surface area contributed by atoms with E-state index in [0.717, 1.165) is 18.6 Å². The Morgan fingerprint density at radius 1 is 1.45 bits per heavy atom. The van der Waals surface area contributed by atoms with Gasteiger partial charge >= 0.3 is 5.97 Å². The topological polar surface area (TPSA) is 66.8 Å². The third-order valence-corrected chi connectivity index (χ3v) is 3.51. The molecule has 108 valence electrons. The average molecular weight is 277 g/mol. The van der Waals surface area contributed by atoms with Gasteiger partial charge in [0.1, 0.15) is 0 Å². The molecule has 1 aliphatic heterocycles. The Morgan fingerprint density at radius 2 is 2.25 bits per heavy atom. The maximum atomic E-state index is 12.1. The molecule has 1 heterocycles. The van der Waals surface area contributed by atoms with Crippen molar-refractivity contribution in [2.24, 2.45) is 5.92 Å². The van der Waals surface area contributed by atoms with Crippen LogP contribution >= 0.6 is 0 Å². The van der Waals surface area contributed by atoms with E-state index < -0.39 is 5.97 Å². The number of aromatic carboxylic acids is 1. The van der Waals surface area contributed by atoms with E-state index in [1.807, 2.05) is 0 Å². The molecule has 1 aromatic rings. The number of nitrogens with zero attached hydrogens (tertiary/aromatic N) is 1. The molecule has 0 spiro atoms. The van der Waals surface area contributed by atoms with E-state index in [1.54, 1.807) is 30.1 Å². The number of carboxylic acids is 1. The molecule has 0 saturated carbocycles. The van der Waals surface area contributed by atoms with Crippen LogP contribution in [-0.2, 0) is 16.0 Å². The second-order valence-corrected chi connectivity index (χ2v) is 5.19. The number of benzene rings is 1. The van der Waals surface area contributed by atoms with Gasteiger partial charge in [-0.1, -0.05) is 12.1 Å². The molecule has 1 saturated heterocycles. The zero-order chi connectivity index (χ0) is 14.5. The number of carbonyl (C=O) groups is 2. The smallest absolute Gasteiger partial charge is 0.335 e. The van der Waals surface area contributed by atoms with Gasteiger partial charge in [-0.05, 0) is 24.1 Å². The fraction of sp³-hybridized carbons (Fsp3) is 0.467. The minimum absolute atomic E-state index is 0.000520. The highest BCUT2D eigenvalue weighted by molar-refractivity contribution is 5.88. The maximum Gasteiger partial charge on any atom is 0.335 e. The highest BCUT2D eigenvalue weighted by Gasteiger charge is 2.20. The van der Waals surface area contributed by atoms with E-state index >= 15 is 0 Å². The third kappa shape index (κ3) is 3.81. The number of hydrogen-bond donors (Lipinski definition) is 1. The van der Waals surface area contributed by atoms with E-state index in [2.05, 4.69) is 0 Å². The Bertz CT molecular complexity index is 494. The summed E-state index contributed by atoms with van der Waals surface area (Å²) in [6.45, 7) is 2.18. The number of likely N-dealkylation sites (N-methyl/N-ethyl adjacent to an activating group) is 1. The van der Waals surface area contributed by atoms with Gasteiger partial charge in [0, 0.05) is 26.1 Å². The van der Waals surface area contributed by atoms with Gasteiger partial charge in [-0.2, -0.15) is 0 Å². The van der Waals surface area contributed by atoms with E-state index in [1.165, 1.54) is 6.07 Å². The van der Waals surface area contributed by atoms with Crippen molar-refractivity contribution in [1.29, 1.82) is 0 Å². The van der Waals surface area contributed by atoms with E-state index in [0.29, 0.717) is 19.1 Å². The van der Waals surface area contributed by atoms with E-state index in [-0.39, 0.29) is 17.9 Å². The van der Waals surface area contributed by atoms with Crippen molar-refractivity contribution >= 4 is 11.9 Å². The average Bonchev–Trinajstić information content (AvgIpc) is 2.91. The number of carboxylic acid groups (broad SMARTS) is 1. The summed E-state index contributed by atoms with van der Waals surface area (Å²) in [5.41, 5.74) is 0.937. The summed E-state index contributed by atoms with van der Waals surface area (Å²) in [7, 11) is 1.78. The molecule has 1 N–H and O–H groups in total. The number of ether oxygens (including phenoxy) is 1. The Labute approximate surface area is 118 Å². The first-order chi connectivity index (χ1) is 9.56. The van der Waals surface area contributed by atoms with Crippen molar-refractivity contribution in [3.8, 4) is 0 Å². The molecule has 2 rings (SSSR count). The molecular formula is C15H19NO4. The van der Waals surface area contributed by atoms with E-state index in [9.17, 15) is 9.59 Å². The normalized spacial score (nSPS) is 17.9. The highest BCUT2D eigenvalue weighted by atomic mass is 16.5. The molecule has 1 amide bonds. The minimum atomic E-state index is -0.976. The van der Waals surface area contributed by atoms with Gasteiger partial charge in [0.25, 0.3) is 0 Å². The SMILES string of the molecule is CN(CC1CCOC1)C(=O)Cc1cccc(C(=O)O)c1. The molecule has 1 aliphatic rings. The first-order valence-electron chi connectivity index (χ1n) is 6.70. The molecule has 1 unspecified atom stereocenters. The lowest BCUT2D eigenvalue weighted by atomic mass is 10.1. The second-order valence-electron chi connectivity index (χ2n) is 5.19. The summed E-state index contributed by atoms with van der Waals surface area (Å²) in [6, 6.07) is 6.51. The van der Waals surface area contributed by atoms with Gasteiger partial charge in [0.15, 0.2) is 0 Å². The van der Waals surface area contributed by atoms with Crippen molar-refractivity contribution in [3.05, 3.63) is 35.4 Å². The largest absolute Gasteiger partial charge is 0.478 e. The summed E-state index contributed by atoms with van der Waals surface area (Å²) in [6.07, 6.45) is 1.22. The summed E-state index contributed by atoms with van der Waals surface area (Å²) in [5.74, 6) is -0.565. The van der Waals surface area contributed by atoms with Crippen molar-refractivity contribution in [2.45, 2.75) is 12.8 Å². The van der Waals surface area contributed by atoms with Gasteiger partial charge in [-0.15, -0.1) is 0 Å². The van der Waals surface area contributed by atoms with Gasteiger partial charge in [0.05, 0.1) is 18.6 Å². The van der Waals surface area contributed by atoms with Crippen LogP contribution < -0.4 is 0 Å². The van der Waals surface area contributed by atoms with Crippen molar-refractivity contribution in [2.75, 3.05) is 26.8 Å². The third-order valence-electron chi connectivity index (χ3n) is 3.51. The highest BCUT2D eigenvalue weighted by Crippen LogP contribution is 2.14. The van der Waals surface area contributed by atoms with Gasteiger partial charge in [-0.3, -0.25) is 4.79 Å². The van der Waals surface area contributed by atoms with Crippen LogP contribution in [0.1, 0.15) is 22.3 Å². The van der Waals surface area contributed by atoms with Gasteiger partial charge in [0.2, 0.25) is 5.91 Å². The number of hydrogen-bond acceptors (Lipinski definition) is 3. The fourth-order valence-electron chi connectivity index (χ4n) is 2.34. The molecule has 5 heteroatoms. The van der Waals surface area contributed by atoms with Crippen LogP contribution in [0.5, 0.6) is 0 Å². The lowest BCUT2D eigenvalue weighted by Gasteiger charge is -2.20. The predicted octanol–water partition coefficient (Wildman–Crippen LogP) is 1.42. The fourth-order valence-corrected chi connectivity index (χ4v) is 2.34. The Balaban J connectivity index is 1.92. The number of amides is 1. The molecule has 1 fully saturated rings. The van der Waals surface area contributed by atoms with Crippen LogP contribution in [-0.4, -0.2) is 48.7 Å². The van der Waals surface area contributed by atoms with Crippen LogP contribution in [0.15, 0.2) is 24.3 Å². The summed E-state index contributed by atoms with van der Waals surface area (Å²) < 4.78 is 5.29. The summed E-state index contributed by atoms with van der Waals surface area (Å²) in [5, 5.41) is 8.93. The molecule has 1 aromatic carbocycles. The van der Waals surface area contributed by atoms with Crippen LogP contribution in [0.2, 0.25) is 0 Å². The zero-order valence-electron chi connectivity index (χ0n) is 11.5. The lowest BCUT2D eigenvalue weighted by molar-refractivity contribution is -0.129. The Hall–Kier alpha value is -1.88. The molecule has 5 nitrogen and oxygen atoms in total. The molecule has 0 radical (unpaired) electrons. The first kappa shape index (κ1) is 14.5. The quantitative estimate of drug-likeness (QED) is 0.884. The van der Waals surface area contributed by atoms with Gasteiger partial charge < -0.3 is 14.7 Å². The zero-order valence-corrected chi connectivity index (χ0v) is 11.5. The van der Waals surface area contributed by atoms with Crippen LogP contribution in [0.3, 0.4) is 0 Å². The molecule has 0 aromatic heterocycles. The van der Waals surface area contributed by atoms with Crippen molar-refractivity contribution < 1.29 is 19.4 Å². The second kappa shape index (κ2) is 6.52. The molecule has 0 aliphatic carbocycles. The molecule has 1 atom stereocenters. The van der Waals surface area contributed by atoms with Crippen LogP contribution in [0.25, 0.3) is 0 Å². The maximum absolute atomic E-state index is 12.1. The molecule has 20 heavy (non-hydrogen) atoms. The summed E-state index contributed by atoms with van der Waals surface area (Å²) >= 11 is 0. The summed E-state index contributed by atoms with van der Waals surface area (Å²) in [4.78, 5) is 24.7. The van der Waals surface area contributed by atoms with Crippen molar-refractivity contribution in [1.82, 2.24) is 4.90 Å². The first-order valence-corrected chi connectivity index (χ1v) is 6.70. The predicted molar refractivity (Wildman–Crippen MR) is 73.7 cm³/mol. The van der Waals surface area contributed by atoms with Crippen molar-refractivity contribution in [3.63, 3.8) is 0 Å². The lowest BCUT2D eigenvalue weighted by Crippen LogP contribution is -2.33. The standard InChI is InChI=1S/C15H19NO4/c1-16(9-12-5-6-20-10-12)14(17)8-11-3-2-4-13(7-11)15(18)19/h2-4,7,12H,5-6,8-10H2,1H3,(H,18,19). The van der Waals surface area contributed by atoms with Crippen LogP contribution in [0.4, 0.5) is 0 Å². The van der Waals surface area contributed by atoms with Gasteiger partial charge in [-0.25, -0.2) is 4.79 Å². The Kier molecular flexibility index (Phi) is 4.74. The molecular weight excluding hydrogens is 258 g/mol. The van der Waals surface area contributed by atoms with E-state index in [4.69, 9.17) is 9.84 Å².